The molecule has 0 aliphatic rings. The molecular weight excluding hydrogens is 362 g/mol. The van der Waals surface area contributed by atoms with Crippen LogP contribution in [0.5, 0.6) is 0 Å². The molecule has 4 rings (SSSR count). The van der Waals surface area contributed by atoms with Crippen LogP contribution in [0.4, 0.5) is 17.1 Å². The minimum absolute atomic E-state index is 0.252. The standard InChI is InChI=1S/C20H16ClN5O/c1-13-9-19-22-12-23-26(19)11-18(13)24-14-5-4-6-15(10-14)25-20(27)16-7-2-3-8-17(16)21/h2-12,24H,1H3,(H,25,27). The van der Waals surface area contributed by atoms with Crippen LogP contribution in [0.1, 0.15) is 15.9 Å². The topological polar surface area (TPSA) is 71.3 Å². The quantitative estimate of drug-likeness (QED) is 0.541. The molecule has 0 bridgehead atoms. The van der Waals surface area contributed by atoms with Gasteiger partial charge in [-0.2, -0.15) is 5.10 Å². The number of rotatable bonds is 4. The van der Waals surface area contributed by atoms with E-state index in [-0.39, 0.29) is 5.91 Å². The highest BCUT2D eigenvalue weighted by atomic mass is 35.5. The zero-order valence-corrected chi connectivity index (χ0v) is 15.2. The van der Waals surface area contributed by atoms with Crippen LogP contribution in [0, 0.1) is 6.92 Å². The van der Waals surface area contributed by atoms with E-state index in [9.17, 15) is 4.79 Å². The van der Waals surface area contributed by atoms with Gasteiger partial charge in [-0.1, -0.05) is 29.8 Å². The molecule has 1 amide bonds. The molecule has 2 heterocycles. The minimum Gasteiger partial charge on any atom is -0.354 e. The Morgan fingerprint density at radius 1 is 1.07 bits per heavy atom. The van der Waals surface area contributed by atoms with Crippen molar-refractivity contribution in [2.24, 2.45) is 0 Å². The van der Waals surface area contributed by atoms with Gasteiger partial charge in [0.2, 0.25) is 0 Å². The number of anilines is 3. The lowest BCUT2D eigenvalue weighted by Crippen LogP contribution is -2.12. The zero-order chi connectivity index (χ0) is 18.8. The number of aryl methyl sites for hydroxylation is 1. The first-order chi connectivity index (χ1) is 13.1. The number of hydrogen-bond acceptors (Lipinski definition) is 4. The first-order valence-corrected chi connectivity index (χ1v) is 8.71. The van der Waals surface area contributed by atoms with E-state index in [1.54, 1.807) is 28.8 Å². The number of amides is 1. The molecule has 4 aromatic rings. The fraction of sp³-hybridized carbons (Fsp3) is 0.0500. The van der Waals surface area contributed by atoms with Gasteiger partial charge in [-0.05, 0) is 48.9 Å². The fourth-order valence-corrected chi connectivity index (χ4v) is 2.98. The van der Waals surface area contributed by atoms with E-state index in [0.717, 1.165) is 22.6 Å². The molecule has 0 radical (unpaired) electrons. The van der Waals surface area contributed by atoms with E-state index < -0.39 is 0 Å². The van der Waals surface area contributed by atoms with Crippen LogP contribution in [-0.4, -0.2) is 20.5 Å². The van der Waals surface area contributed by atoms with Gasteiger partial charge in [0.15, 0.2) is 5.65 Å². The molecule has 2 aromatic heterocycles. The Bertz CT molecular complexity index is 1140. The Kier molecular flexibility index (Phi) is 4.48. The van der Waals surface area contributed by atoms with Crippen molar-refractivity contribution >= 4 is 40.2 Å². The number of halogens is 1. The summed E-state index contributed by atoms with van der Waals surface area (Å²) in [7, 11) is 0. The van der Waals surface area contributed by atoms with Crippen molar-refractivity contribution in [3.05, 3.63) is 83.3 Å². The van der Waals surface area contributed by atoms with Crippen LogP contribution in [0.2, 0.25) is 5.02 Å². The summed E-state index contributed by atoms with van der Waals surface area (Å²) in [5.74, 6) is -0.252. The SMILES string of the molecule is Cc1cc2ncnn2cc1Nc1cccc(NC(=O)c2ccccc2Cl)c1. The normalized spacial score (nSPS) is 10.7. The predicted octanol–water partition coefficient (Wildman–Crippen LogP) is 4.69. The molecule has 6 nitrogen and oxygen atoms in total. The summed E-state index contributed by atoms with van der Waals surface area (Å²) >= 11 is 6.09. The number of fused-ring (bicyclic) bond motifs is 1. The first kappa shape index (κ1) is 17.1. The van der Waals surface area contributed by atoms with Gasteiger partial charge in [0.25, 0.3) is 5.91 Å². The van der Waals surface area contributed by atoms with Crippen LogP contribution in [0.15, 0.2) is 67.1 Å². The lowest BCUT2D eigenvalue weighted by molar-refractivity contribution is 0.102. The number of benzene rings is 2. The summed E-state index contributed by atoms with van der Waals surface area (Å²) in [5.41, 5.74) is 4.69. The number of nitrogens with zero attached hydrogens (tertiary/aromatic N) is 3. The third kappa shape index (κ3) is 3.61. The lowest BCUT2D eigenvalue weighted by Gasteiger charge is -2.12. The van der Waals surface area contributed by atoms with Crippen molar-refractivity contribution in [3.63, 3.8) is 0 Å². The zero-order valence-electron chi connectivity index (χ0n) is 14.5. The van der Waals surface area contributed by atoms with Gasteiger partial charge in [-0.15, -0.1) is 0 Å². The van der Waals surface area contributed by atoms with Crippen LogP contribution in [-0.2, 0) is 0 Å². The minimum atomic E-state index is -0.252. The van der Waals surface area contributed by atoms with E-state index in [2.05, 4.69) is 20.7 Å². The number of nitrogens with one attached hydrogen (secondary N) is 2. The molecule has 7 heteroatoms. The summed E-state index contributed by atoms with van der Waals surface area (Å²) in [6, 6.07) is 16.4. The third-order valence-corrected chi connectivity index (χ3v) is 4.47. The van der Waals surface area contributed by atoms with Crippen molar-refractivity contribution < 1.29 is 4.79 Å². The molecule has 2 N–H and O–H groups in total. The van der Waals surface area contributed by atoms with Crippen LogP contribution in [0.3, 0.4) is 0 Å². The number of aromatic nitrogens is 3. The van der Waals surface area contributed by atoms with Gasteiger partial charge in [0.1, 0.15) is 6.33 Å². The van der Waals surface area contributed by atoms with Gasteiger partial charge in [0.05, 0.1) is 22.5 Å². The summed E-state index contributed by atoms with van der Waals surface area (Å²) in [5, 5.41) is 10.8. The molecule has 0 atom stereocenters. The predicted molar refractivity (Wildman–Crippen MR) is 107 cm³/mol. The largest absolute Gasteiger partial charge is 0.354 e. The molecule has 0 unspecified atom stereocenters. The molecular formula is C20H16ClN5O. The van der Waals surface area contributed by atoms with E-state index >= 15 is 0 Å². The van der Waals surface area contributed by atoms with Gasteiger partial charge in [-0.3, -0.25) is 4.79 Å². The maximum absolute atomic E-state index is 12.4. The van der Waals surface area contributed by atoms with Crippen molar-refractivity contribution in [2.75, 3.05) is 10.6 Å². The van der Waals surface area contributed by atoms with Crippen molar-refractivity contribution in [1.29, 1.82) is 0 Å². The number of pyridine rings is 1. The van der Waals surface area contributed by atoms with Gasteiger partial charge >= 0.3 is 0 Å². The smallest absolute Gasteiger partial charge is 0.257 e. The van der Waals surface area contributed by atoms with E-state index in [1.807, 2.05) is 43.5 Å². The first-order valence-electron chi connectivity index (χ1n) is 8.33. The average molecular weight is 378 g/mol. The Morgan fingerprint density at radius 3 is 2.74 bits per heavy atom. The highest BCUT2D eigenvalue weighted by molar-refractivity contribution is 6.34. The van der Waals surface area contributed by atoms with Crippen LogP contribution >= 0.6 is 11.6 Å². The molecule has 0 saturated heterocycles. The average Bonchev–Trinajstić information content (AvgIpc) is 3.09. The summed E-state index contributed by atoms with van der Waals surface area (Å²) in [4.78, 5) is 16.6. The maximum Gasteiger partial charge on any atom is 0.257 e. The van der Waals surface area contributed by atoms with Gasteiger partial charge in [0, 0.05) is 11.4 Å². The third-order valence-electron chi connectivity index (χ3n) is 4.14. The Balaban J connectivity index is 1.56. The molecule has 134 valence electrons. The monoisotopic (exact) mass is 377 g/mol. The van der Waals surface area contributed by atoms with Crippen molar-refractivity contribution in [1.82, 2.24) is 14.6 Å². The molecule has 0 aliphatic heterocycles. The van der Waals surface area contributed by atoms with Crippen molar-refractivity contribution in [2.45, 2.75) is 6.92 Å². The van der Waals surface area contributed by atoms with Crippen LogP contribution in [0.25, 0.3) is 5.65 Å². The van der Waals surface area contributed by atoms with E-state index in [4.69, 9.17) is 11.6 Å². The van der Waals surface area contributed by atoms with Gasteiger partial charge in [-0.25, -0.2) is 9.50 Å². The van der Waals surface area contributed by atoms with E-state index in [1.165, 1.54) is 6.33 Å². The van der Waals surface area contributed by atoms with E-state index in [0.29, 0.717) is 16.3 Å². The maximum atomic E-state index is 12.4. The number of carbonyl (C=O) groups excluding carboxylic acids is 1. The van der Waals surface area contributed by atoms with Gasteiger partial charge < -0.3 is 10.6 Å². The van der Waals surface area contributed by atoms with Crippen LogP contribution < -0.4 is 10.6 Å². The molecule has 0 spiro atoms. The Morgan fingerprint density at radius 2 is 1.89 bits per heavy atom. The second-order valence-electron chi connectivity index (χ2n) is 6.07. The molecule has 0 aliphatic carbocycles. The Hall–Kier alpha value is -3.38. The Labute approximate surface area is 160 Å². The fourth-order valence-electron chi connectivity index (χ4n) is 2.76. The summed E-state index contributed by atoms with van der Waals surface area (Å²) < 4.78 is 1.71. The summed E-state index contributed by atoms with van der Waals surface area (Å²) in [6.07, 6.45) is 3.40. The second kappa shape index (κ2) is 7.09. The number of hydrogen-bond donors (Lipinski definition) is 2. The highest BCUT2D eigenvalue weighted by Crippen LogP contribution is 2.24. The molecule has 0 fully saturated rings. The summed E-state index contributed by atoms with van der Waals surface area (Å²) in [6.45, 7) is 2.00. The lowest BCUT2D eigenvalue weighted by atomic mass is 10.2. The van der Waals surface area contributed by atoms with Crippen molar-refractivity contribution in [3.8, 4) is 0 Å². The number of carbonyl (C=O) groups is 1. The molecule has 27 heavy (non-hydrogen) atoms. The molecule has 2 aromatic carbocycles. The molecule has 0 saturated carbocycles. The highest BCUT2D eigenvalue weighted by Gasteiger charge is 2.10. The second-order valence-corrected chi connectivity index (χ2v) is 6.48.